The predicted molar refractivity (Wildman–Crippen MR) is 321 cm³/mol. The highest BCUT2D eigenvalue weighted by Crippen LogP contribution is 2.43. The minimum atomic E-state index is 0.113. The van der Waals surface area contributed by atoms with E-state index in [-0.39, 0.29) is 5.92 Å². The Balaban J connectivity index is 0.922. The van der Waals surface area contributed by atoms with Crippen molar-refractivity contribution in [3.63, 3.8) is 0 Å². The van der Waals surface area contributed by atoms with Crippen LogP contribution < -0.4 is 14.7 Å². The van der Waals surface area contributed by atoms with Crippen LogP contribution in [-0.2, 0) is 0 Å². The number of benzene rings is 12. The molecule has 3 nitrogen and oxygen atoms in total. The van der Waals surface area contributed by atoms with Crippen molar-refractivity contribution >= 4 is 51.2 Å². The number of hydrogen-bond donors (Lipinski definition) is 0. The van der Waals surface area contributed by atoms with Gasteiger partial charge in [0.25, 0.3) is 0 Å². The molecule has 0 saturated carbocycles. The van der Waals surface area contributed by atoms with Crippen LogP contribution in [0.3, 0.4) is 0 Å². The first-order valence-electron chi connectivity index (χ1n) is 26.0. The van der Waals surface area contributed by atoms with Crippen molar-refractivity contribution in [3.8, 4) is 33.4 Å². The van der Waals surface area contributed by atoms with Crippen molar-refractivity contribution in [2.75, 3.05) is 14.7 Å². The molecule has 3 heteroatoms. The average Bonchev–Trinajstić information content (AvgIpc) is 3.51. The second-order valence-corrected chi connectivity index (χ2v) is 19.0. The molecule has 0 fully saturated rings. The molecule has 0 aliphatic rings. The molecule has 0 atom stereocenters. The fourth-order valence-electron chi connectivity index (χ4n) is 10.5. The molecule has 0 bridgehead atoms. The summed E-state index contributed by atoms with van der Waals surface area (Å²) in [7, 11) is 0. The van der Waals surface area contributed by atoms with Gasteiger partial charge < -0.3 is 14.7 Å². The van der Waals surface area contributed by atoms with Crippen LogP contribution in [0.5, 0.6) is 0 Å². The van der Waals surface area contributed by atoms with E-state index >= 15 is 0 Å². The summed E-state index contributed by atoms with van der Waals surface area (Å²) in [6, 6.07) is 118. The highest BCUT2D eigenvalue weighted by Gasteiger charge is 2.21. The van der Waals surface area contributed by atoms with Gasteiger partial charge in [0, 0.05) is 57.1 Å². The van der Waals surface area contributed by atoms with E-state index in [0.717, 1.165) is 79.0 Å². The first kappa shape index (κ1) is 47.1. The molecule has 362 valence electrons. The van der Waals surface area contributed by atoms with Crippen LogP contribution in [0.4, 0.5) is 51.2 Å². The molecule has 0 amide bonds. The molecule has 0 N–H and O–H groups in total. The van der Waals surface area contributed by atoms with Crippen LogP contribution in [0.25, 0.3) is 33.4 Å². The Kier molecular flexibility index (Phi) is 13.6. The minimum absolute atomic E-state index is 0.113. The molecular weight excluding hydrogens is 919 g/mol. The Labute approximate surface area is 447 Å². The maximum atomic E-state index is 2.37. The first-order chi connectivity index (χ1) is 37.7. The van der Waals surface area contributed by atoms with Crippen LogP contribution >= 0.6 is 0 Å². The zero-order valence-corrected chi connectivity index (χ0v) is 42.1. The summed E-state index contributed by atoms with van der Waals surface area (Å²) >= 11 is 0. The molecule has 0 unspecified atom stereocenters. The smallest absolute Gasteiger partial charge is 0.0467 e. The summed E-state index contributed by atoms with van der Waals surface area (Å²) in [4.78, 5) is 7.02. The molecule has 76 heavy (non-hydrogen) atoms. The molecule has 0 radical (unpaired) electrons. The third kappa shape index (κ3) is 10.2. The summed E-state index contributed by atoms with van der Waals surface area (Å²) in [5, 5.41) is 0. The molecule has 12 rings (SSSR count). The lowest BCUT2D eigenvalue weighted by Crippen LogP contribution is -2.12. The molecule has 12 aromatic carbocycles. The van der Waals surface area contributed by atoms with Gasteiger partial charge in [0.15, 0.2) is 0 Å². The molecular formula is C73H55N3. The maximum Gasteiger partial charge on any atom is 0.0467 e. The molecule has 0 aromatic heterocycles. The molecule has 0 saturated heterocycles. The SMILES string of the molecule is c1ccc(-c2cc(-c3cccc(N(c4ccccc4)c4ccc(C(c5ccccc5)c5ccccc5)cc4)c3)cc(-c3cccc(N(c4ccccc4)c4ccc(N(c5ccccc5)c5ccccc5)cc4)c3)c2)cc1. The van der Waals surface area contributed by atoms with Gasteiger partial charge in [-0.25, -0.2) is 0 Å². The largest absolute Gasteiger partial charge is 0.311 e. The highest BCUT2D eigenvalue weighted by atomic mass is 15.2. The van der Waals surface area contributed by atoms with Crippen LogP contribution in [0.2, 0.25) is 0 Å². The highest BCUT2D eigenvalue weighted by molar-refractivity contribution is 5.87. The van der Waals surface area contributed by atoms with Gasteiger partial charge in [0.1, 0.15) is 0 Å². The van der Waals surface area contributed by atoms with Gasteiger partial charge in [-0.2, -0.15) is 0 Å². The Hall–Kier alpha value is -9.96. The molecule has 12 aromatic rings. The topological polar surface area (TPSA) is 9.72 Å². The average molecular weight is 974 g/mol. The second kappa shape index (κ2) is 22.0. The number of rotatable bonds is 15. The minimum Gasteiger partial charge on any atom is -0.311 e. The van der Waals surface area contributed by atoms with Crippen molar-refractivity contribution in [1.29, 1.82) is 0 Å². The normalized spacial score (nSPS) is 11.0. The lowest BCUT2D eigenvalue weighted by molar-refractivity contribution is 0.977. The van der Waals surface area contributed by atoms with Gasteiger partial charge in [0.2, 0.25) is 0 Å². The van der Waals surface area contributed by atoms with Crippen molar-refractivity contribution in [2.24, 2.45) is 0 Å². The fraction of sp³-hybridized carbons (Fsp3) is 0.0137. The van der Waals surface area contributed by atoms with E-state index in [1.54, 1.807) is 0 Å². The van der Waals surface area contributed by atoms with Crippen molar-refractivity contribution in [1.82, 2.24) is 0 Å². The molecule has 0 aliphatic carbocycles. The monoisotopic (exact) mass is 973 g/mol. The third-order valence-electron chi connectivity index (χ3n) is 14.1. The zero-order valence-electron chi connectivity index (χ0n) is 42.1. The number of hydrogen-bond acceptors (Lipinski definition) is 3. The van der Waals surface area contributed by atoms with Crippen LogP contribution in [0, 0.1) is 0 Å². The van der Waals surface area contributed by atoms with E-state index in [0.29, 0.717) is 0 Å². The second-order valence-electron chi connectivity index (χ2n) is 19.0. The van der Waals surface area contributed by atoms with E-state index < -0.39 is 0 Å². The Bertz CT molecular complexity index is 3470. The van der Waals surface area contributed by atoms with Gasteiger partial charge in [0.05, 0.1) is 0 Å². The summed E-state index contributed by atoms with van der Waals surface area (Å²) in [6.45, 7) is 0. The predicted octanol–water partition coefficient (Wildman–Crippen LogP) is 20.3. The molecule has 0 spiro atoms. The van der Waals surface area contributed by atoms with Gasteiger partial charge in [-0.15, -0.1) is 0 Å². The summed E-state index contributed by atoms with van der Waals surface area (Å²) < 4.78 is 0. The lowest BCUT2D eigenvalue weighted by atomic mass is 9.85. The lowest BCUT2D eigenvalue weighted by Gasteiger charge is -2.28. The van der Waals surface area contributed by atoms with Gasteiger partial charge in [-0.1, -0.05) is 200 Å². The van der Waals surface area contributed by atoms with Gasteiger partial charge >= 0.3 is 0 Å². The summed E-state index contributed by atoms with van der Waals surface area (Å²) in [6.07, 6.45) is 0. The number of anilines is 9. The van der Waals surface area contributed by atoms with Crippen LogP contribution in [-0.4, -0.2) is 0 Å². The summed E-state index contributed by atoms with van der Waals surface area (Å²) in [5.74, 6) is 0.113. The molecule has 0 heterocycles. The standard InChI is InChI=1S/C73H55N3/c1-8-24-55(25-9-1)61-50-62(59-30-22-40-71(53-59)75(66-36-18-6-19-37-66)68-44-42-58(43-45-68)73(56-26-10-2-11-27-56)57-28-12-3-13-29-57)52-63(51-61)60-31-23-41-72(54-60)76(67-38-20-7-21-39-67)70-48-46-69(47-49-70)74(64-32-14-4-15-33-64)65-34-16-5-17-35-65/h1-54,73H. The maximum absolute atomic E-state index is 2.37. The van der Waals surface area contributed by atoms with Crippen LogP contribution in [0.15, 0.2) is 328 Å². The summed E-state index contributed by atoms with van der Waals surface area (Å²) in [5.41, 5.74) is 20.4. The third-order valence-corrected chi connectivity index (χ3v) is 14.1. The van der Waals surface area contributed by atoms with Gasteiger partial charge in [-0.05, 0) is 177 Å². The van der Waals surface area contributed by atoms with E-state index in [1.165, 1.54) is 22.3 Å². The van der Waals surface area contributed by atoms with Crippen molar-refractivity contribution in [2.45, 2.75) is 5.92 Å². The number of para-hydroxylation sites is 4. The van der Waals surface area contributed by atoms with Crippen molar-refractivity contribution in [3.05, 3.63) is 344 Å². The van der Waals surface area contributed by atoms with Crippen molar-refractivity contribution < 1.29 is 0 Å². The Morgan fingerprint density at radius 1 is 0.158 bits per heavy atom. The zero-order chi connectivity index (χ0) is 50.9. The van der Waals surface area contributed by atoms with E-state index in [9.17, 15) is 0 Å². The van der Waals surface area contributed by atoms with E-state index in [1.807, 2.05) is 0 Å². The fourth-order valence-corrected chi connectivity index (χ4v) is 10.5. The van der Waals surface area contributed by atoms with Crippen LogP contribution in [0.1, 0.15) is 22.6 Å². The van der Waals surface area contributed by atoms with E-state index in [2.05, 4.69) is 342 Å². The van der Waals surface area contributed by atoms with E-state index in [4.69, 9.17) is 0 Å². The first-order valence-corrected chi connectivity index (χ1v) is 26.0. The molecule has 0 aliphatic heterocycles. The number of nitrogens with zero attached hydrogens (tertiary/aromatic N) is 3. The Morgan fingerprint density at radius 3 is 0.750 bits per heavy atom. The van der Waals surface area contributed by atoms with Gasteiger partial charge in [-0.3, -0.25) is 0 Å². The quantitative estimate of drug-likeness (QED) is 0.0948. The Morgan fingerprint density at radius 2 is 0.395 bits per heavy atom.